The summed E-state index contributed by atoms with van der Waals surface area (Å²) in [6, 6.07) is 1.31. The van der Waals surface area contributed by atoms with Crippen LogP contribution < -0.4 is 5.32 Å². The van der Waals surface area contributed by atoms with Gasteiger partial charge < -0.3 is 5.32 Å². The van der Waals surface area contributed by atoms with E-state index in [1.807, 2.05) is 13.8 Å². The van der Waals surface area contributed by atoms with E-state index in [2.05, 4.69) is 10.4 Å². The summed E-state index contributed by atoms with van der Waals surface area (Å²) >= 11 is 0. The second kappa shape index (κ2) is 5.25. The van der Waals surface area contributed by atoms with Gasteiger partial charge in [0, 0.05) is 6.04 Å². The maximum atomic E-state index is 12.7. The first kappa shape index (κ1) is 13.6. The van der Waals surface area contributed by atoms with E-state index in [1.165, 1.54) is 6.07 Å². The summed E-state index contributed by atoms with van der Waals surface area (Å²) in [6.45, 7) is 4.40. The van der Waals surface area contributed by atoms with Gasteiger partial charge in [-0.15, -0.1) is 0 Å². The van der Waals surface area contributed by atoms with Crippen LogP contribution in [0.4, 0.5) is 8.78 Å². The van der Waals surface area contributed by atoms with Crippen molar-refractivity contribution in [1.29, 1.82) is 0 Å². The van der Waals surface area contributed by atoms with Gasteiger partial charge >= 0.3 is 6.55 Å². The molecule has 0 fully saturated rings. The van der Waals surface area contributed by atoms with E-state index in [0.717, 1.165) is 0 Å². The van der Waals surface area contributed by atoms with Crippen molar-refractivity contribution in [1.82, 2.24) is 15.1 Å². The van der Waals surface area contributed by atoms with Gasteiger partial charge in [0.1, 0.15) is 5.69 Å². The van der Waals surface area contributed by atoms with Crippen LogP contribution in [0.2, 0.25) is 0 Å². The predicted octanol–water partition coefficient (Wildman–Crippen LogP) is 2.54. The van der Waals surface area contributed by atoms with Crippen molar-refractivity contribution in [3.05, 3.63) is 17.5 Å². The Balaban J connectivity index is 3.08. The zero-order chi connectivity index (χ0) is 13.2. The molecule has 17 heavy (non-hydrogen) atoms. The molecule has 0 unspecified atom stereocenters. The van der Waals surface area contributed by atoms with Crippen LogP contribution in [0.15, 0.2) is 6.07 Å². The Morgan fingerprint density at radius 1 is 1.35 bits per heavy atom. The quantitative estimate of drug-likeness (QED) is 0.886. The highest BCUT2D eigenvalue weighted by Gasteiger charge is 2.21. The summed E-state index contributed by atoms with van der Waals surface area (Å²) < 4.78 is 25.9. The molecular weight excluding hydrogens is 228 g/mol. The third-order valence-electron chi connectivity index (χ3n) is 2.18. The first-order chi connectivity index (χ1) is 7.82. The lowest BCUT2D eigenvalue weighted by atomic mass is 10.1. The Labute approximate surface area is 99.0 Å². The molecule has 0 saturated heterocycles. The third kappa shape index (κ3) is 3.25. The zero-order valence-corrected chi connectivity index (χ0v) is 10.4. The molecule has 0 aliphatic rings. The summed E-state index contributed by atoms with van der Waals surface area (Å²) in [4.78, 5) is 11.7. The van der Waals surface area contributed by atoms with Gasteiger partial charge in [0.05, 0.1) is 5.69 Å². The number of alkyl halides is 2. The minimum Gasteiger partial charge on any atom is -0.349 e. The molecule has 0 atom stereocenters. The van der Waals surface area contributed by atoms with E-state index in [4.69, 9.17) is 0 Å². The highest BCUT2D eigenvalue weighted by atomic mass is 19.3. The van der Waals surface area contributed by atoms with Gasteiger partial charge in [-0.3, -0.25) is 4.79 Å². The van der Waals surface area contributed by atoms with Crippen molar-refractivity contribution in [2.24, 2.45) is 0 Å². The molecule has 0 aliphatic heterocycles. The van der Waals surface area contributed by atoms with Crippen molar-refractivity contribution in [2.45, 2.75) is 46.2 Å². The van der Waals surface area contributed by atoms with E-state index in [9.17, 15) is 13.6 Å². The molecule has 1 heterocycles. The molecule has 1 aromatic heterocycles. The van der Waals surface area contributed by atoms with Crippen LogP contribution in [-0.2, 0) is 0 Å². The fourth-order valence-electron chi connectivity index (χ4n) is 1.35. The van der Waals surface area contributed by atoms with E-state index in [1.54, 1.807) is 13.8 Å². The maximum Gasteiger partial charge on any atom is 0.333 e. The second-order valence-corrected chi connectivity index (χ2v) is 4.46. The smallest absolute Gasteiger partial charge is 0.333 e. The van der Waals surface area contributed by atoms with Crippen LogP contribution in [-0.4, -0.2) is 21.7 Å². The molecule has 96 valence electrons. The average Bonchev–Trinajstić information content (AvgIpc) is 2.60. The van der Waals surface area contributed by atoms with Gasteiger partial charge in [-0.25, -0.2) is 0 Å². The number of amides is 1. The van der Waals surface area contributed by atoms with Crippen molar-refractivity contribution in [3.8, 4) is 0 Å². The lowest BCUT2D eigenvalue weighted by Gasteiger charge is -2.09. The Kier molecular flexibility index (Phi) is 4.20. The van der Waals surface area contributed by atoms with Crippen LogP contribution >= 0.6 is 0 Å². The summed E-state index contributed by atoms with van der Waals surface area (Å²) in [5.41, 5.74) is 0.386. The molecule has 0 bridgehead atoms. The Hall–Kier alpha value is -1.46. The topological polar surface area (TPSA) is 46.9 Å². The van der Waals surface area contributed by atoms with Crippen LogP contribution in [0, 0.1) is 0 Å². The minimum absolute atomic E-state index is 0.000556. The van der Waals surface area contributed by atoms with Crippen molar-refractivity contribution < 1.29 is 13.6 Å². The molecule has 0 radical (unpaired) electrons. The first-order valence-corrected chi connectivity index (χ1v) is 5.51. The largest absolute Gasteiger partial charge is 0.349 e. The maximum absolute atomic E-state index is 12.7. The standard InChI is InChI=1S/C11H17F2N3O/c1-6(2)8-5-9(10(17)14-7(3)4)16(15-8)11(12)13/h5-7,11H,1-4H3,(H,14,17). The first-order valence-electron chi connectivity index (χ1n) is 5.51. The molecule has 6 heteroatoms. The summed E-state index contributed by atoms with van der Waals surface area (Å²) in [7, 11) is 0. The fourth-order valence-corrected chi connectivity index (χ4v) is 1.35. The minimum atomic E-state index is -2.81. The van der Waals surface area contributed by atoms with E-state index < -0.39 is 12.5 Å². The average molecular weight is 245 g/mol. The van der Waals surface area contributed by atoms with Crippen LogP contribution in [0.25, 0.3) is 0 Å². The van der Waals surface area contributed by atoms with E-state index in [0.29, 0.717) is 10.4 Å². The number of rotatable bonds is 4. The highest BCUT2D eigenvalue weighted by molar-refractivity contribution is 5.92. The van der Waals surface area contributed by atoms with Gasteiger partial charge in [-0.05, 0) is 25.8 Å². The number of carbonyl (C=O) groups is 1. The number of hydrogen-bond acceptors (Lipinski definition) is 2. The lowest BCUT2D eigenvalue weighted by Crippen LogP contribution is -2.32. The second-order valence-electron chi connectivity index (χ2n) is 4.46. The van der Waals surface area contributed by atoms with Crippen LogP contribution in [0.3, 0.4) is 0 Å². The van der Waals surface area contributed by atoms with E-state index >= 15 is 0 Å². The van der Waals surface area contributed by atoms with Gasteiger partial charge in [-0.1, -0.05) is 13.8 Å². The summed E-state index contributed by atoms with van der Waals surface area (Å²) in [5.74, 6) is -0.527. The number of hydrogen-bond donors (Lipinski definition) is 1. The Morgan fingerprint density at radius 2 is 1.94 bits per heavy atom. The molecule has 0 aliphatic carbocycles. The number of carbonyl (C=O) groups excluding carboxylic acids is 1. The Morgan fingerprint density at radius 3 is 2.35 bits per heavy atom. The number of halogens is 2. The van der Waals surface area contributed by atoms with Gasteiger partial charge in [0.2, 0.25) is 0 Å². The van der Waals surface area contributed by atoms with Crippen molar-refractivity contribution >= 4 is 5.91 Å². The lowest BCUT2D eigenvalue weighted by molar-refractivity contribution is 0.0503. The molecule has 1 rings (SSSR count). The monoisotopic (exact) mass is 245 g/mol. The molecule has 1 N–H and O–H groups in total. The molecule has 0 spiro atoms. The van der Waals surface area contributed by atoms with Gasteiger partial charge in [0.25, 0.3) is 5.91 Å². The van der Waals surface area contributed by atoms with Crippen LogP contribution in [0.1, 0.15) is 56.3 Å². The van der Waals surface area contributed by atoms with E-state index in [-0.39, 0.29) is 17.7 Å². The highest BCUT2D eigenvalue weighted by Crippen LogP contribution is 2.19. The molecular formula is C11H17F2N3O. The normalized spacial score (nSPS) is 11.6. The van der Waals surface area contributed by atoms with Gasteiger partial charge in [-0.2, -0.15) is 18.6 Å². The SMILES string of the molecule is CC(C)NC(=O)c1cc(C(C)C)nn1C(F)F. The summed E-state index contributed by atoms with van der Waals surface area (Å²) in [5, 5.41) is 6.32. The number of nitrogens with one attached hydrogen (secondary N) is 1. The number of nitrogens with zero attached hydrogens (tertiary/aromatic N) is 2. The Bertz CT molecular complexity index is 399. The summed E-state index contributed by atoms with van der Waals surface area (Å²) in [6.07, 6.45) is 0. The van der Waals surface area contributed by atoms with Gasteiger partial charge in [0.15, 0.2) is 0 Å². The van der Waals surface area contributed by atoms with Crippen LogP contribution in [0.5, 0.6) is 0 Å². The van der Waals surface area contributed by atoms with Crippen molar-refractivity contribution in [2.75, 3.05) is 0 Å². The number of aromatic nitrogens is 2. The zero-order valence-electron chi connectivity index (χ0n) is 10.4. The molecule has 0 aromatic carbocycles. The fraction of sp³-hybridized carbons (Fsp3) is 0.636. The predicted molar refractivity (Wildman–Crippen MR) is 60.2 cm³/mol. The molecule has 4 nitrogen and oxygen atoms in total. The molecule has 1 aromatic rings. The molecule has 0 saturated carbocycles. The van der Waals surface area contributed by atoms with Crippen molar-refractivity contribution in [3.63, 3.8) is 0 Å². The molecule has 1 amide bonds. The third-order valence-corrected chi connectivity index (χ3v) is 2.18.